The molecule has 0 radical (unpaired) electrons. The summed E-state index contributed by atoms with van der Waals surface area (Å²) in [7, 11) is 1.49. The van der Waals surface area contributed by atoms with Gasteiger partial charge in [0.1, 0.15) is 23.9 Å². The van der Waals surface area contributed by atoms with Gasteiger partial charge in [-0.15, -0.1) is 0 Å². The van der Waals surface area contributed by atoms with Crippen LogP contribution in [0.15, 0.2) is 18.2 Å². The normalized spacial score (nSPS) is 15.1. The van der Waals surface area contributed by atoms with Gasteiger partial charge in [0.25, 0.3) is 5.91 Å². The van der Waals surface area contributed by atoms with Crippen molar-refractivity contribution >= 4 is 29.5 Å². The van der Waals surface area contributed by atoms with E-state index in [0.29, 0.717) is 0 Å². The van der Waals surface area contributed by atoms with Gasteiger partial charge in [-0.3, -0.25) is 19.3 Å². The number of para-hydroxylation sites is 1. The SMILES string of the molecule is C[C@H](OC(=O)CCCN1C(=O)CN(C)C1=O)C(=O)Nc1c(F)cccc1F. The summed E-state index contributed by atoms with van der Waals surface area (Å²) in [6, 6.07) is 2.67. The van der Waals surface area contributed by atoms with Crippen LogP contribution in [0.1, 0.15) is 19.8 Å². The molecule has 1 atom stereocenters. The van der Waals surface area contributed by atoms with E-state index in [1.165, 1.54) is 18.9 Å². The average Bonchev–Trinajstić information content (AvgIpc) is 2.84. The molecule has 0 aromatic heterocycles. The van der Waals surface area contributed by atoms with E-state index in [0.717, 1.165) is 23.1 Å². The molecule has 1 saturated heterocycles. The monoisotopic (exact) mass is 383 g/mol. The maximum absolute atomic E-state index is 13.5. The predicted molar refractivity (Wildman–Crippen MR) is 89.5 cm³/mol. The van der Waals surface area contributed by atoms with Crippen molar-refractivity contribution in [3.05, 3.63) is 29.8 Å². The summed E-state index contributed by atoms with van der Waals surface area (Å²) in [6.45, 7) is 1.31. The Balaban J connectivity index is 1.79. The number of hydrogen-bond acceptors (Lipinski definition) is 5. The number of esters is 1. The Labute approximate surface area is 154 Å². The second kappa shape index (κ2) is 8.56. The fourth-order valence-corrected chi connectivity index (χ4v) is 2.42. The number of carbonyl (C=O) groups is 4. The molecule has 8 nitrogen and oxygen atoms in total. The zero-order valence-electron chi connectivity index (χ0n) is 14.8. The number of imide groups is 1. The van der Waals surface area contributed by atoms with Gasteiger partial charge in [-0.05, 0) is 25.5 Å². The van der Waals surface area contributed by atoms with E-state index in [9.17, 15) is 28.0 Å². The second-order valence-electron chi connectivity index (χ2n) is 6.01. The molecule has 0 unspecified atom stereocenters. The average molecular weight is 383 g/mol. The van der Waals surface area contributed by atoms with Gasteiger partial charge in [-0.1, -0.05) is 6.07 Å². The fraction of sp³-hybridized carbons (Fsp3) is 0.412. The van der Waals surface area contributed by atoms with E-state index in [4.69, 9.17) is 4.74 Å². The van der Waals surface area contributed by atoms with Crippen molar-refractivity contribution in [1.82, 2.24) is 9.80 Å². The van der Waals surface area contributed by atoms with E-state index in [1.54, 1.807) is 0 Å². The Morgan fingerprint density at radius 3 is 2.44 bits per heavy atom. The van der Waals surface area contributed by atoms with Crippen molar-refractivity contribution in [2.75, 3.05) is 25.5 Å². The second-order valence-corrected chi connectivity index (χ2v) is 6.01. The van der Waals surface area contributed by atoms with E-state index >= 15 is 0 Å². The number of nitrogens with zero attached hydrogens (tertiary/aromatic N) is 2. The lowest BCUT2D eigenvalue weighted by atomic mass is 10.2. The number of hydrogen-bond donors (Lipinski definition) is 1. The maximum atomic E-state index is 13.5. The Kier molecular flexibility index (Phi) is 6.43. The van der Waals surface area contributed by atoms with Gasteiger partial charge in [0.05, 0.1) is 0 Å². The first kappa shape index (κ1) is 20.3. The Bertz CT molecular complexity index is 751. The number of carbonyl (C=O) groups excluding carboxylic acids is 4. The van der Waals surface area contributed by atoms with E-state index in [2.05, 4.69) is 0 Å². The van der Waals surface area contributed by atoms with Crippen LogP contribution in [0.25, 0.3) is 0 Å². The molecule has 1 heterocycles. The Morgan fingerprint density at radius 2 is 1.89 bits per heavy atom. The number of likely N-dealkylation sites (N-methyl/N-ethyl adjacent to an activating group) is 1. The molecule has 146 valence electrons. The largest absolute Gasteiger partial charge is 0.453 e. The van der Waals surface area contributed by atoms with Crippen molar-refractivity contribution in [3.8, 4) is 0 Å². The van der Waals surface area contributed by atoms with Crippen LogP contribution in [0.2, 0.25) is 0 Å². The summed E-state index contributed by atoms with van der Waals surface area (Å²) >= 11 is 0. The molecule has 10 heteroatoms. The Hall–Kier alpha value is -3.04. The molecule has 1 fully saturated rings. The third-order valence-electron chi connectivity index (χ3n) is 3.88. The summed E-state index contributed by atoms with van der Waals surface area (Å²) in [5.74, 6) is -3.88. The number of amides is 4. The molecule has 0 bridgehead atoms. The predicted octanol–water partition coefficient (Wildman–Crippen LogP) is 1.51. The lowest BCUT2D eigenvalue weighted by Crippen LogP contribution is -2.33. The number of halogens is 2. The maximum Gasteiger partial charge on any atom is 0.326 e. The highest BCUT2D eigenvalue weighted by atomic mass is 19.1. The molecule has 1 aliphatic heterocycles. The van der Waals surface area contributed by atoms with Gasteiger partial charge in [0, 0.05) is 20.0 Å². The number of benzene rings is 1. The molecule has 1 aromatic rings. The van der Waals surface area contributed by atoms with Crippen LogP contribution in [-0.2, 0) is 19.1 Å². The van der Waals surface area contributed by atoms with Crippen LogP contribution >= 0.6 is 0 Å². The van der Waals surface area contributed by atoms with Gasteiger partial charge in [0.15, 0.2) is 6.10 Å². The topological polar surface area (TPSA) is 96.0 Å². The van der Waals surface area contributed by atoms with Crippen LogP contribution in [0, 0.1) is 11.6 Å². The molecule has 0 spiro atoms. The lowest BCUT2D eigenvalue weighted by molar-refractivity contribution is -0.153. The van der Waals surface area contributed by atoms with E-state index in [1.807, 2.05) is 5.32 Å². The molecular formula is C17H19F2N3O5. The molecule has 4 amide bonds. The molecule has 27 heavy (non-hydrogen) atoms. The van der Waals surface area contributed by atoms with Gasteiger partial charge >= 0.3 is 12.0 Å². The third kappa shape index (κ3) is 4.99. The van der Waals surface area contributed by atoms with Crippen LogP contribution in [-0.4, -0.2) is 59.9 Å². The van der Waals surface area contributed by atoms with E-state index in [-0.39, 0.29) is 31.8 Å². The van der Waals surface area contributed by atoms with Crippen molar-refractivity contribution in [2.24, 2.45) is 0 Å². The highest BCUT2D eigenvalue weighted by molar-refractivity contribution is 6.01. The van der Waals surface area contributed by atoms with Gasteiger partial charge in [-0.25, -0.2) is 13.6 Å². The third-order valence-corrected chi connectivity index (χ3v) is 3.88. The first-order valence-electron chi connectivity index (χ1n) is 8.20. The molecular weight excluding hydrogens is 364 g/mol. The summed E-state index contributed by atoms with van der Waals surface area (Å²) in [4.78, 5) is 49.3. The number of ether oxygens (including phenoxy) is 1. The van der Waals surface area contributed by atoms with Crippen LogP contribution in [0.5, 0.6) is 0 Å². The molecule has 1 N–H and O–H groups in total. The molecule has 2 rings (SSSR count). The summed E-state index contributed by atoms with van der Waals surface area (Å²) < 4.78 is 31.9. The molecule has 1 aromatic carbocycles. The lowest BCUT2D eigenvalue weighted by Gasteiger charge is -2.15. The fourth-order valence-electron chi connectivity index (χ4n) is 2.42. The van der Waals surface area contributed by atoms with Crippen molar-refractivity contribution < 1.29 is 32.7 Å². The quantitative estimate of drug-likeness (QED) is 0.569. The summed E-state index contributed by atoms with van der Waals surface area (Å²) in [5, 5.41) is 2.03. The highest BCUT2D eigenvalue weighted by Crippen LogP contribution is 2.18. The molecule has 0 saturated carbocycles. The van der Waals surface area contributed by atoms with Crippen LogP contribution in [0.4, 0.5) is 19.3 Å². The first-order chi connectivity index (χ1) is 12.7. The van der Waals surface area contributed by atoms with Gasteiger partial charge in [-0.2, -0.15) is 0 Å². The van der Waals surface area contributed by atoms with E-state index < -0.39 is 41.3 Å². The highest BCUT2D eigenvalue weighted by Gasteiger charge is 2.33. The zero-order valence-corrected chi connectivity index (χ0v) is 14.8. The number of rotatable bonds is 7. The number of anilines is 1. The summed E-state index contributed by atoms with van der Waals surface area (Å²) in [6.07, 6.45) is -1.25. The minimum Gasteiger partial charge on any atom is -0.453 e. The number of urea groups is 1. The van der Waals surface area contributed by atoms with Gasteiger partial charge in [0.2, 0.25) is 5.91 Å². The number of nitrogens with one attached hydrogen (secondary N) is 1. The van der Waals surface area contributed by atoms with Gasteiger partial charge < -0.3 is 15.0 Å². The smallest absolute Gasteiger partial charge is 0.326 e. The first-order valence-corrected chi connectivity index (χ1v) is 8.20. The molecule has 0 aliphatic carbocycles. The standard InChI is InChI=1S/C17H19F2N3O5/c1-10(16(25)20-15-11(18)5-3-6-12(15)19)27-14(24)7-4-8-22-13(23)9-21(2)17(22)26/h3,5-6,10H,4,7-9H2,1-2H3,(H,20,25)/t10-/m0/s1. The van der Waals surface area contributed by atoms with Crippen LogP contribution in [0.3, 0.4) is 0 Å². The minimum atomic E-state index is -1.28. The Morgan fingerprint density at radius 1 is 1.26 bits per heavy atom. The van der Waals surface area contributed by atoms with Crippen molar-refractivity contribution in [2.45, 2.75) is 25.9 Å². The zero-order chi connectivity index (χ0) is 20.1. The molecule has 1 aliphatic rings. The van der Waals surface area contributed by atoms with Crippen molar-refractivity contribution in [3.63, 3.8) is 0 Å². The summed E-state index contributed by atoms with van der Waals surface area (Å²) in [5.41, 5.74) is -0.624. The van der Waals surface area contributed by atoms with Crippen molar-refractivity contribution in [1.29, 1.82) is 0 Å². The van der Waals surface area contributed by atoms with Crippen LogP contribution < -0.4 is 5.32 Å². The minimum absolute atomic E-state index is 0.00685.